The number of hydrogen-bond donors (Lipinski definition) is 5. The number of aliphatic hydroxyl groups is 3. The maximum atomic E-state index is 14.1. The molecule has 13 nitrogen and oxygen atoms in total. The van der Waals surface area contributed by atoms with Crippen molar-refractivity contribution in [1.82, 2.24) is 20.2 Å². The first-order valence-corrected chi connectivity index (χ1v) is 18.8. The van der Waals surface area contributed by atoms with E-state index in [1.165, 1.54) is 39.4 Å². The van der Waals surface area contributed by atoms with Crippen LogP contribution in [0.3, 0.4) is 0 Å². The number of aliphatic hydroxyl groups excluding tert-OH is 3. The van der Waals surface area contributed by atoms with Crippen molar-refractivity contribution >= 4 is 33.8 Å². The topological polar surface area (TPSA) is 197 Å². The number of imidazole rings is 1. The first kappa shape index (κ1) is 40.8. The third kappa shape index (κ3) is 12.3. The summed E-state index contributed by atoms with van der Waals surface area (Å²) in [6.45, 7) is 9.03. The number of rotatable bonds is 14. The summed E-state index contributed by atoms with van der Waals surface area (Å²) in [6, 6.07) is 6.39. The second-order valence-electron chi connectivity index (χ2n) is 15.0. The van der Waals surface area contributed by atoms with Crippen molar-refractivity contribution in [2.24, 2.45) is 5.92 Å². The van der Waals surface area contributed by atoms with Gasteiger partial charge in [0, 0.05) is 18.2 Å². The molecule has 3 rings (SSSR count). The number of ether oxygens (including phenoxy) is 1. The Balaban J connectivity index is 1.99. The van der Waals surface area contributed by atoms with Gasteiger partial charge in [0.1, 0.15) is 30.2 Å². The molecule has 0 aliphatic heterocycles. The van der Waals surface area contributed by atoms with E-state index in [0.29, 0.717) is 12.0 Å². The van der Waals surface area contributed by atoms with Crippen LogP contribution in [0.4, 0.5) is 4.79 Å². The molecule has 1 heterocycles. The van der Waals surface area contributed by atoms with Crippen LogP contribution in [-0.2, 0) is 30.6 Å². The molecule has 4 atom stereocenters. The Hall–Kier alpha value is -3.59. The van der Waals surface area contributed by atoms with E-state index in [2.05, 4.69) is 15.6 Å². The van der Waals surface area contributed by atoms with Crippen molar-refractivity contribution in [1.29, 1.82) is 0 Å². The highest BCUT2D eigenvalue weighted by molar-refractivity contribution is 7.92. The van der Waals surface area contributed by atoms with Gasteiger partial charge >= 0.3 is 6.09 Å². The average Bonchev–Trinajstić information content (AvgIpc) is 3.51. The van der Waals surface area contributed by atoms with Crippen LogP contribution in [0.5, 0.6) is 0 Å². The van der Waals surface area contributed by atoms with Crippen LogP contribution >= 0.6 is 0 Å². The molecule has 2 aromatic rings. The Morgan fingerprint density at radius 1 is 1.02 bits per heavy atom. The molecule has 1 fully saturated rings. The third-order valence-electron chi connectivity index (χ3n) is 8.62. The summed E-state index contributed by atoms with van der Waals surface area (Å²) in [4.78, 5) is 44.9. The van der Waals surface area contributed by atoms with Gasteiger partial charge < -0.3 is 30.7 Å². The molecule has 1 aliphatic carbocycles. The average molecular weight is 719 g/mol. The molecule has 0 radical (unpaired) electrons. The molecule has 1 saturated carbocycles. The van der Waals surface area contributed by atoms with Gasteiger partial charge in [0.05, 0.1) is 28.8 Å². The highest BCUT2D eigenvalue weighted by atomic mass is 32.2. The van der Waals surface area contributed by atoms with E-state index in [9.17, 15) is 38.1 Å². The normalized spacial score (nSPS) is 17.3. The summed E-state index contributed by atoms with van der Waals surface area (Å²) in [7, 11) is -3.84. The quantitative estimate of drug-likeness (QED) is 0.181. The van der Waals surface area contributed by atoms with Gasteiger partial charge in [0.15, 0.2) is 9.84 Å². The van der Waals surface area contributed by atoms with Gasteiger partial charge in [-0.15, -0.1) is 0 Å². The zero-order chi connectivity index (χ0) is 37.3. The van der Waals surface area contributed by atoms with Crippen molar-refractivity contribution in [2.45, 2.75) is 121 Å². The van der Waals surface area contributed by atoms with Gasteiger partial charge in [-0.25, -0.2) is 22.8 Å². The smallest absolute Gasteiger partial charge is 0.419 e. The van der Waals surface area contributed by atoms with Crippen LogP contribution in [0.1, 0.15) is 91.3 Å². The van der Waals surface area contributed by atoms with E-state index < -0.39 is 74.7 Å². The second kappa shape index (κ2) is 17.6. The minimum Gasteiger partial charge on any atom is -0.443 e. The lowest BCUT2D eigenvalue weighted by molar-refractivity contribution is -0.129. The highest BCUT2D eigenvalue weighted by Crippen LogP contribution is 2.28. The number of sulfone groups is 1. The van der Waals surface area contributed by atoms with Gasteiger partial charge in [-0.2, -0.15) is 0 Å². The van der Waals surface area contributed by atoms with Gasteiger partial charge in [0.25, 0.3) is 0 Å². The molecule has 50 heavy (non-hydrogen) atoms. The summed E-state index contributed by atoms with van der Waals surface area (Å²) in [5.41, 5.74) is -0.0580. The fraction of sp³-hybridized carbons (Fsp3) is 0.611. The number of carbonyl (C=O) groups is 3. The Bertz CT molecular complexity index is 1570. The van der Waals surface area contributed by atoms with E-state index in [0.717, 1.165) is 36.7 Å². The SMILES string of the molecule is CC(C)(C)OC(=O)n1cnc(C[C@H](NC(=O)C(=Cc2ccccc2)CS(=O)(=O)C(C)(C)C)C(=O)N[C@@H](CC2CCCCC2)[C@@H](O)[C@@H](O)CO)c1. The Morgan fingerprint density at radius 2 is 1.66 bits per heavy atom. The molecule has 2 amide bonds. The highest BCUT2D eigenvalue weighted by Gasteiger charge is 2.35. The molecule has 0 unspecified atom stereocenters. The second-order valence-corrected chi connectivity index (χ2v) is 17.8. The molecule has 1 aromatic heterocycles. The van der Waals surface area contributed by atoms with E-state index in [1.54, 1.807) is 51.1 Å². The Kier molecular flexibility index (Phi) is 14.3. The molecular weight excluding hydrogens is 664 g/mol. The number of carbonyl (C=O) groups excluding carboxylic acids is 3. The number of aromatic nitrogens is 2. The zero-order valence-electron chi connectivity index (χ0n) is 30.0. The minimum absolute atomic E-state index is 0.0993. The molecule has 0 saturated heterocycles. The van der Waals surface area contributed by atoms with Crippen LogP contribution in [0.2, 0.25) is 0 Å². The van der Waals surface area contributed by atoms with Gasteiger partial charge in [0.2, 0.25) is 11.8 Å². The summed E-state index contributed by atoms with van der Waals surface area (Å²) in [5.74, 6) is -1.99. The van der Waals surface area contributed by atoms with Crippen LogP contribution in [-0.4, -0.2) is 98.2 Å². The van der Waals surface area contributed by atoms with E-state index in [1.807, 2.05) is 0 Å². The number of nitrogens with one attached hydrogen (secondary N) is 2. The lowest BCUT2D eigenvalue weighted by Crippen LogP contribution is -2.56. The van der Waals surface area contributed by atoms with E-state index >= 15 is 0 Å². The minimum atomic E-state index is -3.84. The number of hydrogen-bond acceptors (Lipinski definition) is 10. The molecule has 278 valence electrons. The summed E-state index contributed by atoms with van der Waals surface area (Å²) >= 11 is 0. The Morgan fingerprint density at radius 3 is 2.24 bits per heavy atom. The molecule has 5 N–H and O–H groups in total. The largest absolute Gasteiger partial charge is 0.443 e. The van der Waals surface area contributed by atoms with Gasteiger partial charge in [-0.3, -0.25) is 9.59 Å². The maximum Gasteiger partial charge on any atom is 0.419 e. The van der Waals surface area contributed by atoms with Crippen molar-refractivity contribution < 1.29 is 42.9 Å². The van der Waals surface area contributed by atoms with Gasteiger partial charge in [-0.1, -0.05) is 62.4 Å². The number of amides is 2. The van der Waals surface area contributed by atoms with Crippen molar-refractivity contribution in [3.05, 3.63) is 59.7 Å². The fourth-order valence-corrected chi connectivity index (χ4v) is 6.68. The summed E-state index contributed by atoms with van der Waals surface area (Å²) < 4.78 is 31.9. The lowest BCUT2D eigenvalue weighted by atomic mass is 9.83. The molecular formula is C36H54N4O9S. The Labute approximate surface area is 295 Å². The van der Waals surface area contributed by atoms with Crippen molar-refractivity contribution in [3.63, 3.8) is 0 Å². The molecule has 0 spiro atoms. The summed E-state index contributed by atoms with van der Waals surface area (Å²) in [5, 5.41) is 36.4. The molecule has 1 aromatic carbocycles. The fourth-order valence-electron chi connectivity index (χ4n) is 5.62. The van der Waals surface area contributed by atoms with Crippen molar-refractivity contribution in [2.75, 3.05) is 12.4 Å². The van der Waals surface area contributed by atoms with Crippen LogP contribution in [0, 0.1) is 5.92 Å². The van der Waals surface area contributed by atoms with Crippen LogP contribution < -0.4 is 10.6 Å². The summed E-state index contributed by atoms with van der Waals surface area (Å²) in [6.07, 6.45) is 5.29. The third-order valence-corrected chi connectivity index (χ3v) is 11.2. The molecule has 14 heteroatoms. The standard InChI is InChI=1S/C36H54N4O9S/c1-35(2,3)49-34(46)40-20-27(37-23-40)19-29(33(45)38-28(31(43)30(42)21-41)18-25-15-11-8-12-16-25)39-32(44)26(17-24-13-9-7-10-14-24)22-50(47,48)36(4,5)6/h7,9-10,13-14,17,20,23,25,28-31,41-43H,8,11-12,15-16,18-19,21-22H2,1-6H3,(H,38,45)(H,39,44)/t28-,29-,30-,31+/m0/s1. The predicted molar refractivity (Wildman–Crippen MR) is 190 cm³/mol. The first-order chi connectivity index (χ1) is 23.3. The lowest BCUT2D eigenvalue weighted by Gasteiger charge is -2.33. The number of benzene rings is 1. The molecule has 0 bridgehead atoms. The van der Waals surface area contributed by atoms with Crippen LogP contribution in [0.15, 0.2) is 48.4 Å². The molecule has 1 aliphatic rings. The zero-order valence-corrected chi connectivity index (χ0v) is 30.8. The van der Waals surface area contributed by atoms with Crippen molar-refractivity contribution in [3.8, 4) is 0 Å². The van der Waals surface area contributed by atoms with E-state index in [-0.39, 0.29) is 23.6 Å². The first-order valence-electron chi connectivity index (χ1n) is 17.1. The van der Waals surface area contributed by atoms with Crippen LogP contribution in [0.25, 0.3) is 6.08 Å². The monoisotopic (exact) mass is 718 g/mol. The van der Waals surface area contributed by atoms with Gasteiger partial charge in [-0.05, 0) is 65.5 Å². The number of nitrogens with zero attached hydrogens (tertiary/aromatic N) is 2. The maximum absolute atomic E-state index is 14.1. The predicted octanol–water partition coefficient (Wildman–Crippen LogP) is 3.16. The van der Waals surface area contributed by atoms with E-state index in [4.69, 9.17) is 4.74 Å².